The van der Waals surface area contributed by atoms with Crippen LogP contribution in [-0.4, -0.2) is 6.54 Å². The van der Waals surface area contributed by atoms with Crippen molar-refractivity contribution >= 4 is 33.5 Å². The summed E-state index contributed by atoms with van der Waals surface area (Å²) in [5.41, 5.74) is 8.93. The number of hydrogen-bond acceptors (Lipinski definition) is 3. The summed E-state index contributed by atoms with van der Waals surface area (Å²) in [4.78, 5) is 2.56. The van der Waals surface area contributed by atoms with Crippen LogP contribution in [-0.2, 0) is 0 Å². The molecule has 0 fully saturated rings. The molecule has 3 nitrogen and oxygen atoms in total. The Morgan fingerprint density at radius 1 is 0.806 bits per heavy atom. The standard InChI is InChI=1S/C33H39N3/c1-6-7-21-36-30-20-12-19-29(34-31-25(22(2)3)16-11-17-26(31)23(4)5)32(30)35-33(36)28-18-10-14-24-13-8-9-15-27(24)28/h8-20,22-23,33-35H,6-7,21H2,1-5H3. The number of anilines is 4. The molecule has 5 rings (SSSR count). The Hall–Kier alpha value is -3.46. The largest absolute Gasteiger partial charge is 0.358 e. The van der Waals surface area contributed by atoms with Gasteiger partial charge in [-0.05, 0) is 52.3 Å². The molecule has 0 saturated heterocycles. The number of unbranched alkanes of at least 4 members (excludes halogenated alkanes) is 1. The number of hydrogen-bond donors (Lipinski definition) is 2. The van der Waals surface area contributed by atoms with Crippen molar-refractivity contribution in [2.45, 2.75) is 65.5 Å². The Labute approximate surface area is 216 Å². The fourth-order valence-corrected chi connectivity index (χ4v) is 5.53. The van der Waals surface area contributed by atoms with Crippen LogP contribution < -0.4 is 15.5 Å². The molecule has 1 heterocycles. The highest BCUT2D eigenvalue weighted by atomic mass is 15.3. The second kappa shape index (κ2) is 10.3. The molecule has 2 N–H and O–H groups in total. The molecule has 0 amide bonds. The van der Waals surface area contributed by atoms with Crippen molar-refractivity contribution in [3.63, 3.8) is 0 Å². The molecule has 0 radical (unpaired) electrons. The lowest BCUT2D eigenvalue weighted by Crippen LogP contribution is -2.29. The first-order chi connectivity index (χ1) is 17.5. The topological polar surface area (TPSA) is 27.3 Å². The van der Waals surface area contributed by atoms with Gasteiger partial charge in [-0.15, -0.1) is 0 Å². The SMILES string of the molecule is CCCCN1c2cccc(Nc3c(C(C)C)cccc3C(C)C)c2NC1c1cccc2ccccc12. The van der Waals surface area contributed by atoms with Gasteiger partial charge >= 0.3 is 0 Å². The van der Waals surface area contributed by atoms with Gasteiger partial charge in [-0.25, -0.2) is 0 Å². The molecular formula is C33H39N3. The first-order valence-corrected chi connectivity index (χ1v) is 13.5. The average Bonchev–Trinajstić information content (AvgIpc) is 3.26. The van der Waals surface area contributed by atoms with Crippen LogP contribution >= 0.6 is 0 Å². The van der Waals surface area contributed by atoms with Gasteiger partial charge in [0.1, 0.15) is 6.17 Å². The van der Waals surface area contributed by atoms with Gasteiger partial charge in [-0.2, -0.15) is 0 Å². The summed E-state index contributed by atoms with van der Waals surface area (Å²) in [6.45, 7) is 12.4. The van der Waals surface area contributed by atoms with E-state index in [9.17, 15) is 0 Å². The Bertz CT molecular complexity index is 1320. The van der Waals surface area contributed by atoms with Crippen molar-refractivity contribution in [2.24, 2.45) is 0 Å². The van der Waals surface area contributed by atoms with E-state index in [0.29, 0.717) is 11.8 Å². The predicted molar refractivity (Wildman–Crippen MR) is 157 cm³/mol. The molecule has 0 aliphatic carbocycles. The van der Waals surface area contributed by atoms with Crippen molar-refractivity contribution in [3.8, 4) is 0 Å². The highest BCUT2D eigenvalue weighted by Gasteiger charge is 2.32. The molecule has 0 bridgehead atoms. The molecule has 0 aromatic heterocycles. The highest BCUT2D eigenvalue weighted by Crippen LogP contribution is 2.48. The van der Waals surface area contributed by atoms with Gasteiger partial charge in [-0.3, -0.25) is 0 Å². The summed E-state index contributed by atoms with van der Waals surface area (Å²) in [7, 11) is 0. The second-order valence-corrected chi connectivity index (χ2v) is 10.6. The minimum Gasteiger partial charge on any atom is -0.358 e. The van der Waals surface area contributed by atoms with E-state index in [1.165, 1.54) is 50.9 Å². The number of nitrogens with zero attached hydrogens (tertiary/aromatic N) is 1. The Morgan fingerprint density at radius 3 is 2.19 bits per heavy atom. The van der Waals surface area contributed by atoms with Crippen LogP contribution in [0.25, 0.3) is 10.8 Å². The number of nitrogens with one attached hydrogen (secondary N) is 2. The number of rotatable bonds is 8. The summed E-state index contributed by atoms with van der Waals surface area (Å²) < 4.78 is 0. The summed E-state index contributed by atoms with van der Waals surface area (Å²) in [6.07, 6.45) is 2.43. The van der Waals surface area contributed by atoms with Gasteiger partial charge in [-0.1, -0.05) is 108 Å². The lowest BCUT2D eigenvalue weighted by molar-refractivity contribution is 0.670. The first-order valence-electron chi connectivity index (χ1n) is 13.5. The molecule has 186 valence electrons. The third-order valence-electron chi connectivity index (χ3n) is 7.45. The minimum absolute atomic E-state index is 0.102. The van der Waals surface area contributed by atoms with Crippen LogP contribution in [0.15, 0.2) is 78.9 Å². The third-order valence-corrected chi connectivity index (χ3v) is 7.45. The van der Waals surface area contributed by atoms with Crippen LogP contribution in [0, 0.1) is 0 Å². The normalized spacial score (nSPS) is 15.0. The summed E-state index contributed by atoms with van der Waals surface area (Å²) in [5.74, 6) is 0.890. The molecule has 4 aromatic carbocycles. The Morgan fingerprint density at radius 2 is 1.47 bits per heavy atom. The third kappa shape index (κ3) is 4.43. The lowest BCUT2D eigenvalue weighted by atomic mass is 9.92. The summed E-state index contributed by atoms with van der Waals surface area (Å²) in [6, 6.07) is 28.8. The van der Waals surface area contributed by atoms with E-state index < -0.39 is 0 Å². The quantitative estimate of drug-likeness (QED) is 0.264. The van der Waals surface area contributed by atoms with Crippen molar-refractivity contribution in [2.75, 3.05) is 22.1 Å². The van der Waals surface area contributed by atoms with Crippen molar-refractivity contribution in [1.29, 1.82) is 0 Å². The number of benzene rings is 4. The fourth-order valence-electron chi connectivity index (χ4n) is 5.53. The van der Waals surface area contributed by atoms with Crippen molar-refractivity contribution in [1.82, 2.24) is 0 Å². The van der Waals surface area contributed by atoms with E-state index >= 15 is 0 Å². The van der Waals surface area contributed by atoms with Gasteiger partial charge in [0.05, 0.1) is 17.1 Å². The average molecular weight is 478 g/mol. The zero-order valence-corrected chi connectivity index (χ0v) is 22.3. The van der Waals surface area contributed by atoms with Crippen molar-refractivity contribution in [3.05, 3.63) is 95.6 Å². The van der Waals surface area contributed by atoms with E-state index in [0.717, 1.165) is 18.7 Å². The van der Waals surface area contributed by atoms with E-state index in [-0.39, 0.29) is 6.17 Å². The highest BCUT2D eigenvalue weighted by molar-refractivity contribution is 5.93. The van der Waals surface area contributed by atoms with Gasteiger partial charge in [0.2, 0.25) is 0 Å². The molecule has 1 aliphatic heterocycles. The van der Waals surface area contributed by atoms with E-state index in [4.69, 9.17) is 0 Å². The number of para-hydroxylation sites is 2. The van der Waals surface area contributed by atoms with E-state index in [1.807, 2.05) is 0 Å². The van der Waals surface area contributed by atoms with Crippen LogP contribution in [0.5, 0.6) is 0 Å². The second-order valence-electron chi connectivity index (χ2n) is 10.6. The van der Waals surface area contributed by atoms with Crippen LogP contribution in [0.1, 0.15) is 82.2 Å². The molecular weight excluding hydrogens is 438 g/mol. The molecule has 0 saturated carbocycles. The molecule has 4 aromatic rings. The maximum Gasteiger partial charge on any atom is 0.126 e. The molecule has 1 aliphatic rings. The lowest BCUT2D eigenvalue weighted by Gasteiger charge is -2.28. The van der Waals surface area contributed by atoms with Crippen LogP contribution in [0.3, 0.4) is 0 Å². The zero-order chi connectivity index (χ0) is 25.2. The maximum absolute atomic E-state index is 3.95. The maximum atomic E-state index is 3.95. The zero-order valence-electron chi connectivity index (χ0n) is 22.3. The monoisotopic (exact) mass is 477 g/mol. The molecule has 0 spiro atoms. The van der Waals surface area contributed by atoms with E-state index in [1.54, 1.807) is 0 Å². The Kier molecular flexibility index (Phi) is 6.91. The summed E-state index contributed by atoms with van der Waals surface area (Å²) >= 11 is 0. The van der Waals surface area contributed by atoms with Gasteiger partial charge < -0.3 is 15.5 Å². The van der Waals surface area contributed by atoms with Gasteiger partial charge in [0, 0.05) is 17.8 Å². The van der Waals surface area contributed by atoms with Gasteiger partial charge in [0.15, 0.2) is 0 Å². The molecule has 1 unspecified atom stereocenters. The Balaban J connectivity index is 1.60. The fraction of sp³-hybridized carbons (Fsp3) is 0.333. The minimum atomic E-state index is 0.102. The van der Waals surface area contributed by atoms with Crippen LogP contribution in [0.2, 0.25) is 0 Å². The molecule has 3 heteroatoms. The van der Waals surface area contributed by atoms with Crippen molar-refractivity contribution < 1.29 is 0 Å². The predicted octanol–water partition coefficient (Wildman–Crippen LogP) is 9.56. The smallest absolute Gasteiger partial charge is 0.126 e. The van der Waals surface area contributed by atoms with Gasteiger partial charge in [0.25, 0.3) is 0 Å². The first kappa shape index (κ1) is 24.2. The van der Waals surface area contributed by atoms with Crippen LogP contribution in [0.4, 0.5) is 22.7 Å². The molecule has 36 heavy (non-hydrogen) atoms. The number of fused-ring (bicyclic) bond motifs is 2. The van der Waals surface area contributed by atoms with E-state index in [2.05, 4.69) is 129 Å². The molecule has 1 atom stereocenters. The summed E-state index contributed by atoms with van der Waals surface area (Å²) in [5, 5.41) is 10.5.